The summed E-state index contributed by atoms with van der Waals surface area (Å²) in [5, 5.41) is -0.378. The third-order valence-electron chi connectivity index (χ3n) is 3.69. The van der Waals surface area contributed by atoms with Crippen molar-refractivity contribution in [3.05, 3.63) is 35.9 Å². The predicted molar refractivity (Wildman–Crippen MR) is 96.0 cm³/mol. The van der Waals surface area contributed by atoms with Crippen LogP contribution in [-0.2, 0) is 9.53 Å². The van der Waals surface area contributed by atoms with Crippen molar-refractivity contribution in [1.82, 2.24) is 4.90 Å². The summed E-state index contributed by atoms with van der Waals surface area (Å²) in [6.07, 6.45) is 4.89. The van der Waals surface area contributed by atoms with Crippen molar-refractivity contribution < 1.29 is 9.53 Å². The smallest absolute Gasteiger partial charge is 0.324 e. The third kappa shape index (κ3) is 4.99. The Morgan fingerprint density at radius 3 is 2.45 bits per heavy atom. The molecule has 0 aromatic heterocycles. The molecule has 0 radical (unpaired) electrons. The van der Waals surface area contributed by atoms with Crippen LogP contribution in [0, 0.1) is 0 Å². The standard InChI is InChI=1S/C17H23NO2S2/c1-2-20-16(19)15(14-10-6-5-7-11-14)22-17(21)18-12-8-3-4-9-13-18/h5-7,10-11,15H,2-4,8-9,12-13H2,1H3. The van der Waals surface area contributed by atoms with Gasteiger partial charge < -0.3 is 9.64 Å². The number of thioether (sulfide) groups is 1. The van der Waals surface area contributed by atoms with E-state index in [0.29, 0.717) is 6.61 Å². The summed E-state index contributed by atoms with van der Waals surface area (Å²) in [7, 11) is 0. The Morgan fingerprint density at radius 2 is 1.86 bits per heavy atom. The van der Waals surface area contributed by atoms with Gasteiger partial charge in [-0.05, 0) is 25.3 Å². The fourth-order valence-electron chi connectivity index (χ4n) is 2.53. The van der Waals surface area contributed by atoms with Crippen LogP contribution in [0.25, 0.3) is 0 Å². The average molecular weight is 338 g/mol. The van der Waals surface area contributed by atoms with Gasteiger partial charge in [0.1, 0.15) is 9.57 Å². The number of benzene rings is 1. The van der Waals surface area contributed by atoms with Crippen LogP contribution >= 0.6 is 24.0 Å². The first-order chi connectivity index (χ1) is 10.7. The van der Waals surface area contributed by atoms with Crippen LogP contribution in [0.5, 0.6) is 0 Å². The minimum Gasteiger partial charge on any atom is -0.465 e. The lowest BCUT2D eigenvalue weighted by atomic mass is 10.1. The maximum absolute atomic E-state index is 12.3. The second-order valence-corrected chi connectivity index (χ2v) is 7.07. The number of carbonyl (C=O) groups excluding carboxylic acids is 1. The molecule has 0 amide bonds. The van der Waals surface area contributed by atoms with E-state index in [0.717, 1.165) is 23.0 Å². The zero-order chi connectivity index (χ0) is 15.8. The van der Waals surface area contributed by atoms with E-state index in [1.807, 2.05) is 37.3 Å². The molecule has 1 atom stereocenters. The first kappa shape index (κ1) is 17.3. The van der Waals surface area contributed by atoms with Gasteiger partial charge in [-0.15, -0.1) is 0 Å². The molecule has 5 heteroatoms. The van der Waals surface area contributed by atoms with Gasteiger partial charge in [0.25, 0.3) is 0 Å². The molecule has 1 heterocycles. The summed E-state index contributed by atoms with van der Waals surface area (Å²) in [5.41, 5.74) is 0.947. The number of esters is 1. The highest BCUT2D eigenvalue weighted by Crippen LogP contribution is 2.33. The van der Waals surface area contributed by atoms with Gasteiger partial charge in [0.15, 0.2) is 0 Å². The molecule has 1 unspecified atom stereocenters. The summed E-state index contributed by atoms with van der Waals surface area (Å²) < 4.78 is 6.04. The van der Waals surface area contributed by atoms with Crippen LogP contribution in [0.15, 0.2) is 30.3 Å². The van der Waals surface area contributed by atoms with Crippen molar-refractivity contribution in [2.45, 2.75) is 37.9 Å². The first-order valence-electron chi connectivity index (χ1n) is 7.89. The van der Waals surface area contributed by atoms with Crippen LogP contribution in [0.4, 0.5) is 0 Å². The van der Waals surface area contributed by atoms with Crippen LogP contribution in [0.1, 0.15) is 43.4 Å². The molecule has 0 spiro atoms. The maximum atomic E-state index is 12.3. The maximum Gasteiger partial charge on any atom is 0.324 e. The third-order valence-corrected chi connectivity index (χ3v) is 5.39. The van der Waals surface area contributed by atoms with Crippen molar-refractivity contribution >= 4 is 34.3 Å². The number of carbonyl (C=O) groups is 1. The second kappa shape index (κ2) is 9.16. The Hall–Kier alpha value is -1.07. The molecular formula is C17H23NO2S2. The van der Waals surface area contributed by atoms with E-state index >= 15 is 0 Å². The van der Waals surface area contributed by atoms with Gasteiger partial charge in [0, 0.05) is 13.1 Å². The van der Waals surface area contributed by atoms with Crippen LogP contribution in [0.3, 0.4) is 0 Å². The zero-order valence-corrected chi connectivity index (χ0v) is 14.6. The van der Waals surface area contributed by atoms with E-state index in [2.05, 4.69) is 4.90 Å². The van der Waals surface area contributed by atoms with E-state index in [9.17, 15) is 4.79 Å². The molecule has 3 nitrogen and oxygen atoms in total. The van der Waals surface area contributed by atoms with E-state index in [4.69, 9.17) is 17.0 Å². The van der Waals surface area contributed by atoms with Gasteiger partial charge in [-0.25, -0.2) is 0 Å². The number of likely N-dealkylation sites (tertiary alicyclic amines) is 1. The average Bonchev–Trinajstić information content (AvgIpc) is 2.82. The molecule has 0 aliphatic carbocycles. The molecule has 22 heavy (non-hydrogen) atoms. The van der Waals surface area contributed by atoms with Crippen LogP contribution in [0.2, 0.25) is 0 Å². The Kier molecular flexibility index (Phi) is 7.19. The molecule has 120 valence electrons. The van der Waals surface area contributed by atoms with Crippen LogP contribution in [-0.4, -0.2) is 34.9 Å². The highest BCUT2D eigenvalue weighted by atomic mass is 32.2. The molecule has 2 rings (SSSR count). The van der Waals surface area contributed by atoms with Gasteiger partial charge in [0.05, 0.1) is 6.61 Å². The highest BCUT2D eigenvalue weighted by Gasteiger charge is 2.26. The van der Waals surface area contributed by atoms with E-state index in [-0.39, 0.29) is 11.2 Å². The molecule has 1 aliphatic heterocycles. The fraction of sp³-hybridized carbons (Fsp3) is 0.529. The SMILES string of the molecule is CCOC(=O)C(SC(=S)N1CCCCCC1)c1ccccc1. The lowest BCUT2D eigenvalue weighted by molar-refractivity contribution is -0.142. The Bertz CT molecular complexity index is 485. The molecule has 1 fully saturated rings. The molecule has 0 N–H and O–H groups in total. The minimum atomic E-state index is -0.378. The summed E-state index contributed by atoms with van der Waals surface area (Å²) >= 11 is 7.04. The monoisotopic (exact) mass is 337 g/mol. The van der Waals surface area contributed by atoms with Gasteiger partial charge in [-0.3, -0.25) is 4.79 Å². The van der Waals surface area contributed by atoms with Gasteiger partial charge >= 0.3 is 5.97 Å². The summed E-state index contributed by atoms with van der Waals surface area (Å²) in [6.45, 7) is 4.21. The number of hydrogen-bond donors (Lipinski definition) is 0. The summed E-state index contributed by atoms with van der Waals surface area (Å²) in [5.74, 6) is -0.212. The molecule has 1 aromatic carbocycles. The van der Waals surface area contributed by atoms with Crippen molar-refractivity contribution in [1.29, 1.82) is 0 Å². The number of rotatable bonds is 4. The Balaban J connectivity index is 2.08. The van der Waals surface area contributed by atoms with E-state index in [1.165, 1.54) is 37.4 Å². The van der Waals surface area contributed by atoms with Crippen molar-refractivity contribution in [3.63, 3.8) is 0 Å². The van der Waals surface area contributed by atoms with Crippen molar-refractivity contribution in [2.75, 3.05) is 19.7 Å². The molecule has 0 bridgehead atoms. The quantitative estimate of drug-likeness (QED) is 0.607. The fourth-order valence-corrected chi connectivity index (χ4v) is 3.99. The van der Waals surface area contributed by atoms with E-state index in [1.54, 1.807) is 0 Å². The second-order valence-electron chi connectivity index (χ2n) is 5.33. The molecule has 0 saturated carbocycles. The largest absolute Gasteiger partial charge is 0.465 e. The Morgan fingerprint density at radius 1 is 1.23 bits per heavy atom. The topological polar surface area (TPSA) is 29.5 Å². The van der Waals surface area contributed by atoms with Crippen molar-refractivity contribution in [2.24, 2.45) is 0 Å². The molecule has 1 aliphatic rings. The zero-order valence-electron chi connectivity index (χ0n) is 13.0. The summed E-state index contributed by atoms with van der Waals surface area (Å²) in [6, 6.07) is 9.75. The lowest BCUT2D eigenvalue weighted by Crippen LogP contribution is -2.30. The van der Waals surface area contributed by atoms with Gasteiger partial charge in [-0.1, -0.05) is 67.2 Å². The van der Waals surface area contributed by atoms with E-state index < -0.39 is 0 Å². The van der Waals surface area contributed by atoms with Crippen molar-refractivity contribution in [3.8, 4) is 0 Å². The van der Waals surface area contributed by atoms with Gasteiger partial charge in [0.2, 0.25) is 0 Å². The summed E-state index contributed by atoms with van der Waals surface area (Å²) in [4.78, 5) is 14.5. The van der Waals surface area contributed by atoms with Gasteiger partial charge in [-0.2, -0.15) is 0 Å². The van der Waals surface area contributed by atoms with Crippen LogP contribution < -0.4 is 0 Å². The number of ether oxygens (including phenoxy) is 1. The minimum absolute atomic E-state index is 0.212. The molecular weight excluding hydrogens is 314 g/mol. The number of hydrogen-bond acceptors (Lipinski definition) is 4. The highest BCUT2D eigenvalue weighted by molar-refractivity contribution is 8.23. The number of thiocarbonyl (C=S) groups is 1. The predicted octanol–water partition coefficient (Wildman–Crippen LogP) is 4.18. The molecule has 1 aromatic rings. The molecule has 1 saturated heterocycles. The number of nitrogens with zero attached hydrogens (tertiary/aromatic N) is 1. The lowest BCUT2D eigenvalue weighted by Gasteiger charge is -2.25. The Labute approximate surface area is 142 Å². The normalized spacial score (nSPS) is 16.7. The first-order valence-corrected chi connectivity index (χ1v) is 9.18.